The molecule has 2 nitrogen and oxygen atoms in total. The molecule has 0 aromatic heterocycles. The fourth-order valence-corrected chi connectivity index (χ4v) is 3.40. The van der Waals surface area contributed by atoms with Gasteiger partial charge >= 0.3 is 0 Å². The van der Waals surface area contributed by atoms with Gasteiger partial charge in [0.25, 0.3) is 0 Å². The molecule has 0 aliphatic rings. The number of ketones is 1. The fourth-order valence-electron chi connectivity index (χ4n) is 3.10. The number of hydrogen-bond acceptors (Lipinski definition) is 2. The molecule has 0 aliphatic carbocycles. The van der Waals surface area contributed by atoms with Crippen molar-refractivity contribution in [1.82, 2.24) is 0 Å². The van der Waals surface area contributed by atoms with Crippen LogP contribution in [0.5, 0.6) is 0 Å². The monoisotopic (exact) mass is 392 g/mol. The molecule has 0 atom stereocenters. The summed E-state index contributed by atoms with van der Waals surface area (Å²) in [5.74, 6) is -0.440. The van der Waals surface area contributed by atoms with Gasteiger partial charge in [0.2, 0.25) is 0 Å². The Bertz CT molecular complexity index is 1230. The van der Waals surface area contributed by atoms with Crippen LogP contribution in [0.3, 0.4) is 0 Å². The molecule has 0 bridgehead atoms. The van der Waals surface area contributed by atoms with Gasteiger partial charge in [-0.3, -0.25) is 4.79 Å². The highest BCUT2D eigenvalue weighted by Gasteiger charge is 2.10. The number of benzene rings is 4. The highest BCUT2D eigenvalue weighted by molar-refractivity contribution is 6.42. The number of fused-ring (bicyclic) bond motifs is 3. The maximum absolute atomic E-state index is 12.7. The maximum Gasteiger partial charge on any atom is 0.189 e. The highest BCUT2D eigenvalue weighted by Crippen LogP contribution is 2.28. The molecule has 0 amide bonds. The van der Waals surface area contributed by atoms with E-state index in [1.807, 2.05) is 42.5 Å². The number of rotatable bonds is 3. The maximum atomic E-state index is 12.7. The van der Waals surface area contributed by atoms with Gasteiger partial charge in [-0.25, -0.2) is 0 Å². The lowest BCUT2D eigenvalue weighted by atomic mass is 9.98. The van der Waals surface area contributed by atoms with Crippen LogP contribution in [-0.4, -0.2) is 10.9 Å². The molecule has 0 saturated heterocycles. The van der Waals surface area contributed by atoms with Gasteiger partial charge in [-0.15, -0.1) is 0 Å². The first-order chi connectivity index (χ1) is 13.0. The van der Waals surface area contributed by atoms with Crippen molar-refractivity contribution in [2.45, 2.75) is 0 Å². The Morgan fingerprint density at radius 3 is 2.19 bits per heavy atom. The van der Waals surface area contributed by atoms with E-state index in [1.54, 1.807) is 18.2 Å². The molecule has 4 heteroatoms. The Hall–Kier alpha value is -2.81. The topological polar surface area (TPSA) is 37.3 Å². The van der Waals surface area contributed by atoms with Crippen molar-refractivity contribution in [2.24, 2.45) is 0 Å². The molecule has 0 spiro atoms. The summed E-state index contributed by atoms with van der Waals surface area (Å²) < 4.78 is 0. The summed E-state index contributed by atoms with van der Waals surface area (Å²) in [6.07, 6.45) is 1.20. The first-order valence-electron chi connectivity index (χ1n) is 8.35. The Kier molecular flexibility index (Phi) is 4.61. The molecule has 27 heavy (non-hydrogen) atoms. The molecule has 0 radical (unpaired) electrons. The number of allylic oxidation sites excluding steroid dienone is 1. The smallest absolute Gasteiger partial charge is 0.189 e. The van der Waals surface area contributed by atoms with Gasteiger partial charge in [-0.05, 0) is 45.8 Å². The second-order valence-corrected chi connectivity index (χ2v) is 7.06. The zero-order chi connectivity index (χ0) is 19.0. The number of carbonyl (C=O) groups is 1. The zero-order valence-corrected chi connectivity index (χ0v) is 15.6. The van der Waals surface area contributed by atoms with E-state index < -0.39 is 0 Å². The van der Waals surface area contributed by atoms with E-state index in [2.05, 4.69) is 6.07 Å². The van der Waals surface area contributed by atoms with Crippen LogP contribution in [0.1, 0.15) is 15.9 Å². The van der Waals surface area contributed by atoms with Crippen LogP contribution in [-0.2, 0) is 0 Å². The van der Waals surface area contributed by atoms with Crippen molar-refractivity contribution in [2.75, 3.05) is 0 Å². The average molecular weight is 393 g/mol. The molecule has 1 N–H and O–H groups in total. The minimum atomic E-state index is -0.284. The summed E-state index contributed by atoms with van der Waals surface area (Å²) in [5.41, 5.74) is 0.939. The third-order valence-corrected chi connectivity index (χ3v) is 5.25. The lowest BCUT2D eigenvalue weighted by Crippen LogP contribution is -1.97. The van der Waals surface area contributed by atoms with Crippen molar-refractivity contribution in [1.29, 1.82) is 0 Å². The van der Waals surface area contributed by atoms with Crippen LogP contribution < -0.4 is 0 Å². The van der Waals surface area contributed by atoms with Crippen molar-refractivity contribution in [3.63, 3.8) is 0 Å². The molecule has 0 unspecified atom stereocenters. The van der Waals surface area contributed by atoms with Gasteiger partial charge in [-0.1, -0.05) is 71.7 Å². The molecular formula is C23H14Cl2O2. The SMILES string of the molecule is O=C(C=C(O)c1ccc(Cl)c(Cl)c1)c1ccc2ccc3ccccc3c2c1. The molecule has 132 valence electrons. The molecule has 4 rings (SSSR count). The number of carbonyl (C=O) groups excluding carboxylic acids is 1. The van der Waals surface area contributed by atoms with E-state index >= 15 is 0 Å². The van der Waals surface area contributed by atoms with E-state index in [0.29, 0.717) is 21.2 Å². The third kappa shape index (κ3) is 3.42. The Morgan fingerprint density at radius 2 is 1.41 bits per heavy atom. The summed E-state index contributed by atoms with van der Waals surface area (Å²) in [7, 11) is 0. The van der Waals surface area contributed by atoms with E-state index in [-0.39, 0.29) is 11.5 Å². The van der Waals surface area contributed by atoms with Gasteiger partial charge in [0.15, 0.2) is 5.78 Å². The summed E-state index contributed by atoms with van der Waals surface area (Å²) >= 11 is 11.9. The third-order valence-electron chi connectivity index (χ3n) is 4.51. The molecule has 0 saturated carbocycles. The van der Waals surface area contributed by atoms with Gasteiger partial charge in [0.05, 0.1) is 10.0 Å². The van der Waals surface area contributed by atoms with Crippen LogP contribution >= 0.6 is 23.2 Å². The van der Waals surface area contributed by atoms with E-state index in [0.717, 1.165) is 21.5 Å². The quantitative estimate of drug-likeness (QED) is 0.175. The number of halogens is 2. The van der Waals surface area contributed by atoms with Crippen molar-refractivity contribution in [3.05, 3.63) is 100 Å². The summed E-state index contributed by atoms with van der Waals surface area (Å²) in [4.78, 5) is 12.7. The summed E-state index contributed by atoms with van der Waals surface area (Å²) in [6.45, 7) is 0. The Balaban J connectivity index is 1.75. The van der Waals surface area contributed by atoms with Gasteiger partial charge < -0.3 is 5.11 Å². The normalized spacial score (nSPS) is 11.9. The first kappa shape index (κ1) is 17.6. The summed E-state index contributed by atoms with van der Waals surface area (Å²) in [5, 5.41) is 15.3. The largest absolute Gasteiger partial charge is 0.507 e. The first-order valence-corrected chi connectivity index (χ1v) is 9.10. The van der Waals surface area contributed by atoms with Crippen molar-refractivity contribution < 1.29 is 9.90 Å². The van der Waals surface area contributed by atoms with Crippen molar-refractivity contribution in [3.8, 4) is 0 Å². The standard InChI is InChI=1S/C23H14Cl2O2/c24-20-10-9-17(12-21(20)25)23(27)13-22(26)16-8-7-15-6-5-14-3-1-2-4-18(14)19(15)11-16/h1-13,27H. The second-order valence-electron chi connectivity index (χ2n) is 6.25. The number of hydrogen-bond donors (Lipinski definition) is 1. The van der Waals surface area contributed by atoms with Gasteiger partial charge in [-0.2, -0.15) is 0 Å². The predicted molar refractivity (Wildman–Crippen MR) is 113 cm³/mol. The number of aliphatic hydroxyl groups is 1. The molecule has 4 aromatic carbocycles. The van der Waals surface area contributed by atoms with Crippen LogP contribution in [0, 0.1) is 0 Å². The van der Waals surface area contributed by atoms with E-state index in [9.17, 15) is 9.90 Å². The second kappa shape index (κ2) is 7.07. The van der Waals surface area contributed by atoms with E-state index in [1.165, 1.54) is 12.1 Å². The highest BCUT2D eigenvalue weighted by atomic mass is 35.5. The van der Waals surface area contributed by atoms with Crippen LogP contribution in [0.15, 0.2) is 78.9 Å². The zero-order valence-electron chi connectivity index (χ0n) is 14.1. The fraction of sp³-hybridized carbons (Fsp3) is 0. The Morgan fingerprint density at radius 1 is 0.741 bits per heavy atom. The molecule has 0 aliphatic heterocycles. The van der Waals surface area contributed by atoms with E-state index in [4.69, 9.17) is 23.2 Å². The lowest BCUT2D eigenvalue weighted by Gasteiger charge is -2.06. The molecule has 4 aromatic rings. The number of aliphatic hydroxyl groups excluding tert-OH is 1. The van der Waals surface area contributed by atoms with Crippen molar-refractivity contribution >= 4 is 56.3 Å². The summed E-state index contributed by atoms with van der Waals surface area (Å²) in [6, 6.07) is 22.4. The molecular weight excluding hydrogens is 379 g/mol. The average Bonchev–Trinajstić information content (AvgIpc) is 2.69. The van der Waals surface area contributed by atoms with Crippen LogP contribution in [0.4, 0.5) is 0 Å². The predicted octanol–water partition coefficient (Wildman–Crippen LogP) is 7.08. The lowest BCUT2D eigenvalue weighted by molar-refractivity contribution is 0.104. The Labute approximate surface area is 166 Å². The molecule has 0 fully saturated rings. The van der Waals surface area contributed by atoms with Crippen LogP contribution in [0.2, 0.25) is 10.0 Å². The van der Waals surface area contributed by atoms with Crippen LogP contribution in [0.25, 0.3) is 27.3 Å². The van der Waals surface area contributed by atoms with Gasteiger partial charge in [0.1, 0.15) is 5.76 Å². The minimum absolute atomic E-state index is 0.156. The minimum Gasteiger partial charge on any atom is -0.507 e. The van der Waals surface area contributed by atoms with Gasteiger partial charge in [0, 0.05) is 17.2 Å². The molecule has 0 heterocycles.